The number of hydrogen-bond donors (Lipinski definition) is 4. The van der Waals surface area contributed by atoms with Crippen LogP contribution in [0.3, 0.4) is 0 Å². The summed E-state index contributed by atoms with van der Waals surface area (Å²) < 4.78 is 9.81. The van der Waals surface area contributed by atoms with Crippen molar-refractivity contribution in [1.29, 1.82) is 0 Å². The zero-order chi connectivity index (χ0) is 25.3. The number of unbranched alkanes of at least 4 members (excludes halogenated alkanes) is 7. The highest BCUT2D eigenvalue weighted by Gasteiger charge is 2.22. The summed E-state index contributed by atoms with van der Waals surface area (Å²) in [6.45, 7) is 9.51. The molecule has 0 aromatic carbocycles. The Labute approximate surface area is 213 Å². The van der Waals surface area contributed by atoms with Gasteiger partial charge in [-0.2, -0.15) is 4.37 Å². The topological polar surface area (TPSA) is 133 Å². The maximum Gasteiger partial charge on any atom is 0.319 e. The number of hydrogen-bond acceptors (Lipinski definition) is 8. The lowest BCUT2D eigenvalue weighted by Crippen LogP contribution is -2.47. The molecule has 1 aliphatic rings. The molecule has 0 bridgehead atoms. The summed E-state index contributed by atoms with van der Waals surface area (Å²) >= 11 is 1.00. The molecule has 0 atom stereocenters. The minimum atomic E-state index is -0.662. The van der Waals surface area contributed by atoms with E-state index in [4.69, 9.17) is 15.6 Å². The average Bonchev–Trinajstić information content (AvgIpc) is 3.24. The first-order valence-electron chi connectivity index (χ1n) is 13.1. The van der Waals surface area contributed by atoms with Crippen molar-refractivity contribution in [3.05, 3.63) is 5.56 Å². The Bertz CT molecular complexity index is 740. The van der Waals surface area contributed by atoms with Crippen LogP contribution in [-0.2, 0) is 0 Å². The summed E-state index contributed by atoms with van der Waals surface area (Å²) in [4.78, 5) is 28.9. The van der Waals surface area contributed by atoms with Crippen molar-refractivity contribution in [2.75, 3.05) is 64.3 Å². The number of urea groups is 1. The molecule has 0 spiro atoms. The number of β-amino-alcohol motifs (C(OH)–C–C–N with tert-alkyl or cyclic N) is 1. The summed E-state index contributed by atoms with van der Waals surface area (Å²) in [6.07, 6.45) is 9.73. The van der Waals surface area contributed by atoms with E-state index in [1.165, 1.54) is 12.8 Å². The predicted molar refractivity (Wildman–Crippen MR) is 140 cm³/mol. The maximum atomic E-state index is 12.3. The zero-order valence-electron chi connectivity index (χ0n) is 21.2. The molecule has 1 aliphatic heterocycles. The van der Waals surface area contributed by atoms with E-state index in [2.05, 4.69) is 31.7 Å². The predicted octanol–water partition coefficient (Wildman–Crippen LogP) is 2.88. The SMILES string of the molecule is CCCCCCCOc1nsc(NC(=O)NCCCCCCN2CCN(CCO)CC2)c1C(N)=O. The molecule has 10 nitrogen and oxygen atoms in total. The first kappa shape index (κ1) is 29.3. The Morgan fingerprint density at radius 3 is 2.34 bits per heavy atom. The largest absolute Gasteiger partial charge is 0.476 e. The van der Waals surface area contributed by atoms with E-state index in [0.29, 0.717) is 18.2 Å². The van der Waals surface area contributed by atoms with Crippen molar-refractivity contribution in [3.63, 3.8) is 0 Å². The van der Waals surface area contributed by atoms with Crippen LogP contribution in [0.1, 0.15) is 75.1 Å². The number of piperazine rings is 1. The van der Waals surface area contributed by atoms with Crippen molar-refractivity contribution in [2.24, 2.45) is 5.73 Å². The molecule has 1 aromatic rings. The van der Waals surface area contributed by atoms with Crippen LogP contribution in [-0.4, -0.2) is 90.2 Å². The smallest absolute Gasteiger partial charge is 0.319 e. The second-order valence-corrected chi connectivity index (χ2v) is 9.79. The molecule has 0 radical (unpaired) electrons. The molecule has 2 heterocycles. The zero-order valence-corrected chi connectivity index (χ0v) is 22.0. The van der Waals surface area contributed by atoms with Crippen LogP contribution in [0.4, 0.5) is 9.80 Å². The molecule has 200 valence electrons. The monoisotopic (exact) mass is 512 g/mol. The Hall–Kier alpha value is -1.95. The van der Waals surface area contributed by atoms with Crippen LogP contribution in [0, 0.1) is 0 Å². The minimum Gasteiger partial charge on any atom is -0.476 e. The molecule has 1 fully saturated rings. The fraction of sp³-hybridized carbons (Fsp3) is 0.792. The molecule has 1 saturated heterocycles. The third kappa shape index (κ3) is 11.6. The normalized spacial score (nSPS) is 14.7. The third-order valence-corrected chi connectivity index (χ3v) is 6.93. The highest BCUT2D eigenvalue weighted by Crippen LogP contribution is 2.30. The first-order valence-corrected chi connectivity index (χ1v) is 13.8. The molecule has 35 heavy (non-hydrogen) atoms. The van der Waals surface area contributed by atoms with Crippen LogP contribution in [0.15, 0.2) is 0 Å². The van der Waals surface area contributed by atoms with Gasteiger partial charge in [-0.15, -0.1) is 0 Å². The van der Waals surface area contributed by atoms with E-state index in [1.54, 1.807) is 0 Å². The molecule has 3 amide bonds. The molecule has 5 N–H and O–H groups in total. The van der Waals surface area contributed by atoms with Gasteiger partial charge >= 0.3 is 6.03 Å². The number of carbonyl (C=O) groups is 2. The lowest BCUT2D eigenvalue weighted by Gasteiger charge is -2.34. The number of primary amides is 1. The van der Waals surface area contributed by atoms with Crippen molar-refractivity contribution in [1.82, 2.24) is 19.5 Å². The van der Waals surface area contributed by atoms with Gasteiger partial charge in [-0.1, -0.05) is 45.4 Å². The van der Waals surface area contributed by atoms with Crippen LogP contribution < -0.4 is 21.1 Å². The fourth-order valence-electron chi connectivity index (χ4n) is 4.09. The Morgan fingerprint density at radius 1 is 1.00 bits per heavy atom. The van der Waals surface area contributed by atoms with E-state index in [-0.39, 0.29) is 24.1 Å². The number of nitrogens with two attached hydrogens (primary N) is 1. The van der Waals surface area contributed by atoms with Gasteiger partial charge < -0.3 is 25.8 Å². The standard InChI is InChI=1S/C24H44N6O4S/c1-2-3-4-7-10-19-34-22-20(21(25)32)23(35-28-22)27-24(33)26-11-8-5-6-9-12-29-13-15-30(16-14-29)17-18-31/h31H,2-19H2,1H3,(H2,25,32)(H2,26,27,33). The first-order chi connectivity index (χ1) is 17.0. The van der Waals surface area contributed by atoms with Gasteiger partial charge in [0.2, 0.25) is 5.88 Å². The number of amides is 3. The highest BCUT2D eigenvalue weighted by molar-refractivity contribution is 7.11. The summed E-state index contributed by atoms with van der Waals surface area (Å²) in [5, 5.41) is 14.9. The summed E-state index contributed by atoms with van der Waals surface area (Å²) in [5.74, 6) is -0.465. The summed E-state index contributed by atoms with van der Waals surface area (Å²) in [5.41, 5.74) is 5.64. The number of aliphatic hydroxyl groups is 1. The van der Waals surface area contributed by atoms with E-state index in [0.717, 1.165) is 95.7 Å². The molecule has 2 rings (SSSR count). The van der Waals surface area contributed by atoms with Gasteiger partial charge in [0.05, 0.1) is 13.2 Å². The van der Waals surface area contributed by atoms with Gasteiger partial charge in [-0.3, -0.25) is 15.0 Å². The van der Waals surface area contributed by atoms with Crippen molar-refractivity contribution >= 4 is 28.5 Å². The number of aromatic nitrogens is 1. The van der Waals surface area contributed by atoms with Gasteiger partial charge in [-0.05, 0) is 37.3 Å². The van der Waals surface area contributed by atoms with Crippen LogP contribution >= 0.6 is 11.5 Å². The van der Waals surface area contributed by atoms with E-state index in [9.17, 15) is 9.59 Å². The maximum absolute atomic E-state index is 12.3. The second kappa shape index (κ2) is 17.5. The number of aliphatic hydroxyl groups excluding tert-OH is 1. The molecular formula is C24H44N6O4S. The Morgan fingerprint density at radius 2 is 1.66 bits per heavy atom. The Balaban J connectivity index is 1.58. The number of nitrogens with one attached hydrogen (secondary N) is 2. The summed E-state index contributed by atoms with van der Waals surface area (Å²) in [6, 6.07) is -0.372. The lowest BCUT2D eigenvalue weighted by molar-refractivity contribution is 0.0997. The number of ether oxygens (including phenoxy) is 1. The van der Waals surface area contributed by atoms with Gasteiger partial charge in [0.15, 0.2) is 0 Å². The van der Waals surface area contributed by atoms with Crippen molar-refractivity contribution in [2.45, 2.75) is 64.7 Å². The van der Waals surface area contributed by atoms with Crippen LogP contribution in [0.2, 0.25) is 0 Å². The number of nitrogens with zero attached hydrogens (tertiary/aromatic N) is 3. The molecule has 0 aliphatic carbocycles. The minimum absolute atomic E-state index is 0.135. The van der Waals surface area contributed by atoms with Crippen LogP contribution in [0.5, 0.6) is 5.88 Å². The van der Waals surface area contributed by atoms with E-state index >= 15 is 0 Å². The van der Waals surface area contributed by atoms with Gasteiger partial charge in [0.25, 0.3) is 5.91 Å². The lowest BCUT2D eigenvalue weighted by atomic mass is 10.2. The molecular weight excluding hydrogens is 468 g/mol. The average molecular weight is 513 g/mol. The third-order valence-electron chi connectivity index (χ3n) is 6.19. The van der Waals surface area contributed by atoms with Gasteiger partial charge in [0, 0.05) is 39.3 Å². The molecule has 1 aromatic heterocycles. The molecule has 0 unspecified atom stereocenters. The van der Waals surface area contributed by atoms with Crippen molar-refractivity contribution in [3.8, 4) is 5.88 Å². The highest BCUT2D eigenvalue weighted by atomic mass is 32.1. The van der Waals surface area contributed by atoms with Gasteiger partial charge in [0.1, 0.15) is 10.6 Å². The molecule has 0 saturated carbocycles. The van der Waals surface area contributed by atoms with Crippen molar-refractivity contribution < 1.29 is 19.4 Å². The van der Waals surface area contributed by atoms with E-state index in [1.807, 2.05) is 0 Å². The Kier molecular flexibility index (Phi) is 14.6. The van der Waals surface area contributed by atoms with Gasteiger partial charge in [-0.25, -0.2) is 4.79 Å². The fourth-order valence-corrected chi connectivity index (χ4v) is 4.83. The van der Waals surface area contributed by atoms with E-state index < -0.39 is 5.91 Å². The number of rotatable bonds is 18. The van der Waals surface area contributed by atoms with Crippen LogP contribution in [0.25, 0.3) is 0 Å². The molecule has 11 heteroatoms. The number of anilines is 1. The number of carbonyl (C=O) groups excluding carboxylic acids is 2. The quantitative estimate of drug-likeness (QED) is 0.222. The second-order valence-electron chi connectivity index (χ2n) is 9.02. The summed E-state index contributed by atoms with van der Waals surface area (Å²) in [7, 11) is 0.